The number of carboxylic acids is 1. The molecule has 0 spiro atoms. The van der Waals surface area contributed by atoms with E-state index in [0.717, 1.165) is 31.3 Å². The second-order valence-electron chi connectivity index (χ2n) is 7.39. The normalized spacial score (nSPS) is 14.5. The summed E-state index contributed by atoms with van der Waals surface area (Å²) in [5.41, 5.74) is 2.26. The van der Waals surface area contributed by atoms with Gasteiger partial charge >= 0.3 is 11.9 Å². The van der Waals surface area contributed by atoms with E-state index in [4.69, 9.17) is 9.84 Å². The minimum absolute atomic E-state index is 0.136. The Kier molecular flexibility index (Phi) is 11.6. The van der Waals surface area contributed by atoms with Crippen LogP contribution in [0.5, 0.6) is 0 Å². The Balaban J connectivity index is 4.12. The predicted octanol–water partition coefficient (Wildman–Crippen LogP) is 4.56. The standard InChI is InChI=1S/C21H34O5/c1-16(2)8-6-9-17(3)10-7-11-18(4)12-13-26-20(24)15-21(5,25)14-19(22)23/h8,10,12,25H,6-7,9,11,13-15H2,1-5H3,(H,22,23)/b17-10+,18-12+/t21-/m1/s1. The number of aliphatic hydroxyl groups is 1. The lowest BCUT2D eigenvalue weighted by atomic mass is 9.98. The molecule has 0 heterocycles. The van der Waals surface area contributed by atoms with Gasteiger partial charge in [-0.25, -0.2) is 0 Å². The molecule has 0 aromatic heterocycles. The van der Waals surface area contributed by atoms with Crippen molar-refractivity contribution < 1.29 is 24.5 Å². The summed E-state index contributed by atoms with van der Waals surface area (Å²) < 4.78 is 5.04. The van der Waals surface area contributed by atoms with Crippen molar-refractivity contribution in [2.24, 2.45) is 0 Å². The third kappa shape index (κ3) is 14.5. The van der Waals surface area contributed by atoms with Crippen LogP contribution >= 0.6 is 0 Å². The van der Waals surface area contributed by atoms with Crippen LogP contribution in [0.4, 0.5) is 0 Å². The molecule has 0 aromatic rings. The van der Waals surface area contributed by atoms with Crippen molar-refractivity contribution in [3.63, 3.8) is 0 Å². The van der Waals surface area contributed by atoms with Gasteiger partial charge in [-0.1, -0.05) is 28.9 Å². The minimum atomic E-state index is -1.59. The zero-order chi connectivity index (χ0) is 20.2. The van der Waals surface area contributed by atoms with E-state index < -0.39 is 24.0 Å². The average Bonchev–Trinajstić information content (AvgIpc) is 2.44. The van der Waals surface area contributed by atoms with Gasteiger partial charge in [-0.05, 0) is 66.4 Å². The van der Waals surface area contributed by atoms with E-state index in [2.05, 4.69) is 32.9 Å². The fourth-order valence-electron chi connectivity index (χ4n) is 2.37. The summed E-state index contributed by atoms with van der Waals surface area (Å²) in [5.74, 6) is -1.75. The maximum absolute atomic E-state index is 11.7. The lowest BCUT2D eigenvalue weighted by Gasteiger charge is -2.19. The molecular weight excluding hydrogens is 332 g/mol. The van der Waals surface area contributed by atoms with Crippen LogP contribution in [0.3, 0.4) is 0 Å². The van der Waals surface area contributed by atoms with E-state index in [1.54, 1.807) is 0 Å². The molecule has 1 atom stereocenters. The third-order valence-corrected chi connectivity index (χ3v) is 3.86. The van der Waals surface area contributed by atoms with Gasteiger partial charge in [-0.15, -0.1) is 0 Å². The number of carbonyl (C=O) groups is 2. The third-order valence-electron chi connectivity index (χ3n) is 3.86. The Labute approximate surface area is 157 Å². The Morgan fingerprint density at radius 1 is 0.923 bits per heavy atom. The lowest BCUT2D eigenvalue weighted by Crippen LogP contribution is -2.31. The van der Waals surface area contributed by atoms with Gasteiger partial charge in [-0.3, -0.25) is 9.59 Å². The number of hydrogen-bond donors (Lipinski definition) is 2. The molecule has 0 amide bonds. The van der Waals surface area contributed by atoms with Crippen molar-refractivity contribution in [3.05, 3.63) is 34.9 Å². The summed E-state index contributed by atoms with van der Waals surface area (Å²) in [6.45, 7) is 9.79. The van der Waals surface area contributed by atoms with E-state index in [-0.39, 0.29) is 13.0 Å². The molecule has 5 heteroatoms. The number of esters is 1. The number of rotatable bonds is 12. The Morgan fingerprint density at radius 3 is 2.00 bits per heavy atom. The first-order chi connectivity index (χ1) is 12.0. The number of ether oxygens (including phenoxy) is 1. The van der Waals surface area contributed by atoms with Crippen molar-refractivity contribution in [2.75, 3.05) is 6.61 Å². The molecule has 0 aliphatic heterocycles. The van der Waals surface area contributed by atoms with Crippen LogP contribution in [-0.2, 0) is 14.3 Å². The van der Waals surface area contributed by atoms with E-state index in [1.165, 1.54) is 18.1 Å². The molecule has 5 nitrogen and oxygen atoms in total. The molecule has 0 fully saturated rings. The van der Waals surface area contributed by atoms with E-state index >= 15 is 0 Å². The predicted molar refractivity (Wildman–Crippen MR) is 104 cm³/mol. The average molecular weight is 366 g/mol. The van der Waals surface area contributed by atoms with Gasteiger partial charge in [-0.2, -0.15) is 0 Å². The van der Waals surface area contributed by atoms with Crippen LogP contribution in [0, 0.1) is 0 Å². The number of carboxylic acid groups (broad SMARTS) is 1. The van der Waals surface area contributed by atoms with Crippen molar-refractivity contribution >= 4 is 11.9 Å². The maximum atomic E-state index is 11.7. The zero-order valence-corrected chi connectivity index (χ0v) is 16.8. The minimum Gasteiger partial charge on any atom is -0.481 e. The summed E-state index contributed by atoms with van der Waals surface area (Å²) in [5, 5.41) is 18.5. The van der Waals surface area contributed by atoms with Gasteiger partial charge in [0.05, 0.1) is 18.4 Å². The van der Waals surface area contributed by atoms with Crippen LogP contribution in [-0.4, -0.2) is 34.4 Å². The molecule has 0 radical (unpaired) electrons. The summed E-state index contributed by atoms with van der Waals surface area (Å²) in [4.78, 5) is 22.3. The Bertz CT molecular complexity index is 549. The second-order valence-corrected chi connectivity index (χ2v) is 7.39. The molecule has 0 aliphatic carbocycles. The van der Waals surface area contributed by atoms with Gasteiger partial charge < -0.3 is 14.9 Å². The molecule has 0 rings (SSSR count). The number of hydrogen-bond acceptors (Lipinski definition) is 4. The Hall–Kier alpha value is -1.88. The molecule has 0 unspecified atom stereocenters. The van der Waals surface area contributed by atoms with E-state index in [9.17, 15) is 14.7 Å². The molecule has 148 valence electrons. The van der Waals surface area contributed by atoms with Crippen LogP contribution in [0.1, 0.15) is 73.1 Å². The molecule has 26 heavy (non-hydrogen) atoms. The molecule has 0 bridgehead atoms. The summed E-state index contributed by atoms with van der Waals surface area (Å²) >= 11 is 0. The summed E-state index contributed by atoms with van der Waals surface area (Å²) in [7, 11) is 0. The topological polar surface area (TPSA) is 83.8 Å². The smallest absolute Gasteiger partial charge is 0.309 e. The molecule has 0 saturated carbocycles. The van der Waals surface area contributed by atoms with Crippen molar-refractivity contribution in [3.8, 4) is 0 Å². The zero-order valence-electron chi connectivity index (χ0n) is 16.8. The first-order valence-electron chi connectivity index (χ1n) is 9.06. The summed E-state index contributed by atoms with van der Waals surface area (Å²) in [6.07, 6.45) is 9.49. The summed E-state index contributed by atoms with van der Waals surface area (Å²) in [6, 6.07) is 0. The van der Waals surface area contributed by atoms with Crippen molar-refractivity contribution in [1.82, 2.24) is 0 Å². The fourth-order valence-corrected chi connectivity index (χ4v) is 2.37. The van der Waals surface area contributed by atoms with Crippen LogP contribution in [0.25, 0.3) is 0 Å². The van der Waals surface area contributed by atoms with Gasteiger partial charge in [0, 0.05) is 0 Å². The molecular formula is C21H34O5. The highest BCUT2D eigenvalue weighted by molar-refractivity contribution is 5.73. The van der Waals surface area contributed by atoms with Crippen molar-refractivity contribution in [1.29, 1.82) is 0 Å². The van der Waals surface area contributed by atoms with Gasteiger partial charge in [0.15, 0.2) is 0 Å². The van der Waals surface area contributed by atoms with Crippen LogP contribution < -0.4 is 0 Å². The molecule has 2 N–H and O–H groups in total. The highest BCUT2D eigenvalue weighted by atomic mass is 16.5. The first-order valence-corrected chi connectivity index (χ1v) is 9.06. The monoisotopic (exact) mass is 366 g/mol. The van der Waals surface area contributed by atoms with Crippen molar-refractivity contribution in [2.45, 2.75) is 78.7 Å². The van der Waals surface area contributed by atoms with E-state index in [0.29, 0.717) is 0 Å². The SMILES string of the molecule is CC(C)=CCC/C(C)=C/CC/C(C)=C/COC(=O)C[C@](C)(O)CC(=O)O. The fraction of sp³-hybridized carbons (Fsp3) is 0.619. The lowest BCUT2D eigenvalue weighted by molar-refractivity contribution is -0.150. The number of aliphatic carboxylic acids is 1. The number of carbonyl (C=O) groups excluding carboxylic acids is 1. The van der Waals surface area contributed by atoms with Crippen LogP contribution in [0.2, 0.25) is 0 Å². The van der Waals surface area contributed by atoms with Gasteiger partial charge in [0.2, 0.25) is 0 Å². The van der Waals surface area contributed by atoms with Gasteiger partial charge in [0.25, 0.3) is 0 Å². The highest BCUT2D eigenvalue weighted by Gasteiger charge is 2.28. The van der Waals surface area contributed by atoms with Gasteiger partial charge in [0.1, 0.15) is 6.61 Å². The maximum Gasteiger partial charge on any atom is 0.309 e. The Morgan fingerprint density at radius 2 is 1.46 bits per heavy atom. The second kappa shape index (κ2) is 12.5. The largest absolute Gasteiger partial charge is 0.481 e. The van der Waals surface area contributed by atoms with Crippen LogP contribution in [0.15, 0.2) is 34.9 Å². The highest BCUT2D eigenvalue weighted by Crippen LogP contribution is 2.15. The molecule has 0 saturated heterocycles. The number of allylic oxidation sites excluding steroid dienone is 5. The quantitative estimate of drug-likeness (QED) is 0.390. The first kappa shape index (κ1) is 24.1. The molecule has 0 aromatic carbocycles. The molecule has 0 aliphatic rings. The van der Waals surface area contributed by atoms with E-state index in [1.807, 2.05) is 13.0 Å².